The number of amides is 2. The normalized spacial score (nSPS) is 12.0. The maximum absolute atomic E-state index is 12.0. The molecule has 0 bridgehead atoms. The number of carbonyl (C=O) groups excluding carboxylic acids is 2. The van der Waals surface area contributed by atoms with Crippen molar-refractivity contribution in [3.63, 3.8) is 0 Å². The number of likely N-dealkylation sites (N-methyl/N-ethyl adjacent to an activating group) is 1. The van der Waals surface area contributed by atoms with Gasteiger partial charge in [0.15, 0.2) is 5.69 Å². The molecule has 1 heterocycles. The molecule has 0 spiro atoms. The highest BCUT2D eigenvalue weighted by Crippen LogP contribution is 2.14. The lowest BCUT2D eigenvalue weighted by molar-refractivity contribution is -0.131. The Hall–Kier alpha value is -2.05. The largest absolute Gasteiger partial charge is 0.395 e. The summed E-state index contributed by atoms with van der Waals surface area (Å²) in [6.45, 7) is 6.00. The second kappa shape index (κ2) is 6.21. The SMILES string of the molecule is CCc1[nH]nc(C(=O)NC(C)C(=O)N(C)CC)c1N. The molecule has 7 nitrogen and oxygen atoms in total. The number of carbonyl (C=O) groups is 2. The van der Waals surface area contributed by atoms with Crippen molar-refractivity contribution in [3.8, 4) is 0 Å². The van der Waals surface area contributed by atoms with Crippen LogP contribution in [0.3, 0.4) is 0 Å². The van der Waals surface area contributed by atoms with Crippen molar-refractivity contribution in [3.05, 3.63) is 11.4 Å². The van der Waals surface area contributed by atoms with Gasteiger partial charge >= 0.3 is 0 Å². The van der Waals surface area contributed by atoms with Crippen molar-refractivity contribution >= 4 is 17.5 Å². The fraction of sp³-hybridized carbons (Fsp3) is 0.583. The third-order valence-corrected chi connectivity index (χ3v) is 3.02. The van der Waals surface area contributed by atoms with Crippen molar-refractivity contribution in [2.75, 3.05) is 19.3 Å². The Morgan fingerprint density at radius 1 is 1.47 bits per heavy atom. The van der Waals surface area contributed by atoms with Crippen molar-refractivity contribution < 1.29 is 9.59 Å². The predicted octanol–water partition coefficient (Wildman–Crippen LogP) is 0.151. The Bertz CT molecular complexity index is 469. The lowest BCUT2D eigenvalue weighted by atomic mass is 10.2. The topological polar surface area (TPSA) is 104 Å². The number of rotatable bonds is 5. The molecule has 4 N–H and O–H groups in total. The highest BCUT2D eigenvalue weighted by atomic mass is 16.2. The van der Waals surface area contributed by atoms with Crippen LogP contribution in [-0.4, -0.2) is 46.5 Å². The maximum atomic E-state index is 12.0. The maximum Gasteiger partial charge on any atom is 0.274 e. The minimum atomic E-state index is -0.612. The number of hydrogen-bond donors (Lipinski definition) is 3. The van der Waals surface area contributed by atoms with Crippen LogP contribution in [0.2, 0.25) is 0 Å². The van der Waals surface area contributed by atoms with E-state index < -0.39 is 11.9 Å². The van der Waals surface area contributed by atoms with Gasteiger partial charge in [-0.05, 0) is 20.3 Å². The number of aromatic nitrogens is 2. The third-order valence-electron chi connectivity index (χ3n) is 3.02. The van der Waals surface area contributed by atoms with Crippen molar-refractivity contribution in [1.29, 1.82) is 0 Å². The first-order valence-electron chi connectivity index (χ1n) is 6.30. The fourth-order valence-electron chi connectivity index (χ4n) is 1.64. The molecule has 7 heteroatoms. The fourth-order valence-corrected chi connectivity index (χ4v) is 1.64. The number of nitrogens with zero attached hydrogens (tertiary/aromatic N) is 2. The Morgan fingerprint density at radius 3 is 2.58 bits per heavy atom. The number of anilines is 1. The van der Waals surface area contributed by atoms with Crippen LogP contribution in [0, 0.1) is 0 Å². The number of aromatic amines is 1. The number of nitrogen functional groups attached to an aromatic ring is 1. The highest BCUT2D eigenvalue weighted by Gasteiger charge is 2.22. The van der Waals surface area contributed by atoms with E-state index in [0.29, 0.717) is 18.7 Å². The van der Waals surface area contributed by atoms with Gasteiger partial charge < -0.3 is 16.0 Å². The molecule has 19 heavy (non-hydrogen) atoms. The van der Waals surface area contributed by atoms with Gasteiger partial charge in [0, 0.05) is 13.6 Å². The second-order valence-corrected chi connectivity index (χ2v) is 4.37. The molecule has 0 saturated carbocycles. The first kappa shape index (κ1) is 15.0. The summed E-state index contributed by atoms with van der Waals surface area (Å²) in [7, 11) is 1.68. The van der Waals surface area contributed by atoms with E-state index in [9.17, 15) is 9.59 Å². The Balaban J connectivity index is 2.74. The van der Waals surface area contributed by atoms with E-state index in [1.54, 1.807) is 14.0 Å². The van der Waals surface area contributed by atoms with E-state index in [1.807, 2.05) is 13.8 Å². The van der Waals surface area contributed by atoms with Gasteiger partial charge in [0.1, 0.15) is 6.04 Å². The molecule has 0 fully saturated rings. The van der Waals surface area contributed by atoms with Gasteiger partial charge in [-0.25, -0.2) is 0 Å². The smallest absolute Gasteiger partial charge is 0.274 e. The van der Waals surface area contributed by atoms with Crippen LogP contribution >= 0.6 is 0 Å². The molecule has 0 aromatic carbocycles. The number of H-pyrrole nitrogens is 1. The summed E-state index contributed by atoms with van der Waals surface area (Å²) in [5, 5.41) is 9.18. The van der Waals surface area contributed by atoms with E-state index in [4.69, 9.17) is 5.73 Å². The lowest BCUT2D eigenvalue weighted by Gasteiger charge is -2.20. The van der Waals surface area contributed by atoms with Crippen LogP contribution in [0.15, 0.2) is 0 Å². The number of nitrogens with one attached hydrogen (secondary N) is 2. The average molecular weight is 267 g/mol. The van der Waals surface area contributed by atoms with E-state index in [1.165, 1.54) is 4.90 Å². The zero-order valence-electron chi connectivity index (χ0n) is 11.8. The van der Waals surface area contributed by atoms with E-state index >= 15 is 0 Å². The standard InChI is InChI=1S/C12H21N5O2/c1-5-8-9(13)10(16-15-8)11(18)14-7(3)12(19)17(4)6-2/h7H,5-6,13H2,1-4H3,(H,14,18)(H,15,16). The zero-order chi connectivity index (χ0) is 14.6. The summed E-state index contributed by atoms with van der Waals surface area (Å²) in [6, 6.07) is -0.612. The van der Waals surface area contributed by atoms with Crippen LogP contribution in [0.4, 0.5) is 5.69 Å². The van der Waals surface area contributed by atoms with Crippen molar-refractivity contribution in [2.24, 2.45) is 0 Å². The lowest BCUT2D eigenvalue weighted by Crippen LogP contribution is -2.45. The summed E-state index contributed by atoms with van der Waals surface area (Å²) in [5.41, 5.74) is 6.99. The second-order valence-electron chi connectivity index (χ2n) is 4.37. The summed E-state index contributed by atoms with van der Waals surface area (Å²) in [4.78, 5) is 25.4. The first-order valence-corrected chi connectivity index (χ1v) is 6.30. The van der Waals surface area contributed by atoms with Crippen molar-refractivity contribution in [2.45, 2.75) is 33.2 Å². The summed E-state index contributed by atoms with van der Waals surface area (Å²) < 4.78 is 0. The van der Waals surface area contributed by atoms with Crippen LogP contribution in [0.25, 0.3) is 0 Å². The van der Waals surface area contributed by atoms with Gasteiger partial charge in [-0.3, -0.25) is 14.7 Å². The Morgan fingerprint density at radius 2 is 2.11 bits per heavy atom. The van der Waals surface area contributed by atoms with Crippen LogP contribution in [-0.2, 0) is 11.2 Å². The molecule has 106 valence electrons. The molecule has 1 unspecified atom stereocenters. The molecular weight excluding hydrogens is 246 g/mol. The molecule has 1 rings (SSSR count). The number of aryl methyl sites for hydroxylation is 1. The third kappa shape index (κ3) is 3.24. The first-order chi connectivity index (χ1) is 8.92. The van der Waals surface area contributed by atoms with E-state index in [-0.39, 0.29) is 11.6 Å². The molecule has 1 atom stereocenters. The van der Waals surface area contributed by atoms with Gasteiger partial charge in [0.2, 0.25) is 5.91 Å². The van der Waals surface area contributed by atoms with Crippen LogP contribution < -0.4 is 11.1 Å². The molecular formula is C12H21N5O2. The van der Waals surface area contributed by atoms with Gasteiger partial charge in [-0.2, -0.15) is 5.10 Å². The molecule has 1 aromatic rings. The molecule has 2 amide bonds. The highest BCUT2D eigenvalue weighted by molar-refractivity contribution is 6.00. The molecule has 0 aliphatic carbocycles. The summed E-state index contributed by atoms with van der Waals surface area (Å²) >= 11 is 0. The van der Waals surface area contributed by atoms with Gasteiger partial charge in [0.25, 0.3) is 5.91 Å². The number of nitrogens with two attached hydrogens (primary N) is 1. The Kier molecular flexibility index (Phi) is 4.91. The van der Waals surface area contributed by atoms with Gasteiger partial charge in [0.05, 0.1) is 11.4 Å². The van der Waals surface area contributed by atoms with Crippen molar-refractivity contribution in [1.82, 2.24) is 20.4 Å². The molecule has 1 aromatic heterocycles. The monoisotopic (exact) mass is 267 g/mol. The zero-order valence-corrected chi connectivity index (χ0v) is 11.8. The molecule has 0 radical (unpaired) electrons. The van der Waals surface area contributed by atoms with Gasteiger partial charge in [-0.1, -0.05) is 6.92 Å². The van der Waals surface area contributed by atoms with E-state index in [0.717, 1.165) is 5.69 Å². The predicted molar refractivity (Wildman–Crippen MR) is 72.6 cm³/mol. The number of hydrogen-bond acceptors (Lipinski definition) is 4. The molecule has 0 aliphatic rings. The van der Waals surface area contributed by atoms with Crippen LogP contribution in [0.1, 0.15) is 37.0 Å². The van der Waals surface area contributed by atoms with Crippen LogP contribution in [0.5, 0.6) is 0 Å². The molecule has 0 aliphatic heterocycles. The molecule has 0 saturated heterocycles. The van der Waals surface area contributed by atoms with E-state index in [2.05, 4.69) is 15.5 Å². The minimum absolute atomic E-state index is 0.135. The summed E-state index contributed by atoms with van der Waals surface area (Å²) in [6.07, 6.45) is 0.666. The summed E-state index contributed by atoms with van der Waals surface area (Å²) in [5.74, 6) is -0.598. The minimum Gasteiger partial charge on any atom is -0.395 e. The Labute approximate surface area is 112 Å². The quantitative estimate of drug-likeness (QED) is 0.706. The van der Waals surface area contributed by atoms with Gasteiger partial charge in [-0.15, -0.1) is 0 Å². The average Bonchev–Trinajstić information content (AvgIpc) is 2.77.